The lowest BCUT2D eigenvalue weighted by Crippen LogP contribution is -2.18. The molecule has 1 unspecified atom stereocenters. The van der Waals surface area contributed by atoms with Gasteiger partial charge in [-0.3, -0.25) is 15.2 Å². The average molecular weight is 284 g/mol. The van der Waals surface area contributed by atoms with E-state index >= 15 is 0 Å². The maximum absolute atomic E-state index is 12.0. The standard InChI is InChI=1S/C15H16N4O2/c1-2-21-15(20)13(12-6-5-8-16-10-12)11-18-19-14-7-3-4-9-17-14/h3-11,13H,2H2,1H3,(H,17,19). The van der Waals surface area contributed by atoms with Crippen LogP contribution >= 0.6 is 0 Å². The molecular weight excluding hydrogens is 268 g/mol. The third-order valence-electron chi connectivity index (χ3n) is 2.65. The Balaban J connectivity index is 2.11. The zero-order valence-electron chi connectivity index (χ0n) is 11.6. The third-order valence-corrected chi connectivity index (χ3v) is 2.65. The fourth-order valence-electron chi connectivity index (χ4n) is 1.68. The monoisotopic (exact) mass is 284 g/mol. The molecule has 0 saturated carbocycles. The van der Waals surface area contributed by atoms with E-state index in [-0.39, 0.29) is 5.97 Å². The van der Waals surface area contributed by atoms with E-state index in [0.29, 0.717) is 12.4 Å². The van der Waals surface area contributed by atoms with E-state index in [1.807, 2.05) is 12.1 Å². The molecule has 0 radical (unpaired) electrons. The Morgan fingerprint density at radius 2 is 2.29 bits per heavy atom. The van der Waals surface area contributed by atoms with Gasteiger partial charge >= 0.3 is 5.97 Å². The van der Waals surface area contributed by atoms with Crippen LogP contribution in [0.3, 0.4) is 0 Å². The average Bonchev–Trinajstić information content (AvgIpc) is 2.53. The highest BCUT2D eigenvalue weighted by Crippen LogP contribution is 2.14. The minimum atomic E-state index is -0.602. The first-order valence-electron chi connectivity index (χ1n) is 6.58. The Morgan fingerprint density at radius 3 is 2.95 bits per heavy atom. The summed E-state index contributed by atoms with van der Waals surface area (Å²) in [4.78, 5) is 20.1. The summed E-state index contributed by atoms with van der Waals surface area (Å²) in [5.41, 5.74) is 3.50. The first-order chi connectivity index (χ1) is 10.3. The van der Waals surface area contributed by atoms with Crippen LogP contribution in [-0.2, 0) is 9.53 Å². The van der Waals surface area contributed by atoms with Crippen LogP contribution in [0.1, 0.15) is 18.4 Å². The summed E-state index contributed by atoms with van der Waals surface area (Å²) in [6, 6.07) is 9.00. The normalized spacial score (nSPS) is 12.0. The predicted octanol–water partition coefficient (Wildman–Crippen LogP) is 2.22. The van der Waals surface area contributed by atoms with Crippen LogP contribution in [0.2, 0.25) is 0 Å². The molecule has 0 amide bonds. The van der Waals surface area contributed by atoms with Crippen molar-refractivity contribution in [2.75, 3.05) is 12.0 Å². The number of nitrogens with zero attached hydrogens (tertiary/aromatic N) is 3. The van der Waals surface area contributed by atoms with Crippen molar-refractivity contribution < 1.29 is 9.53 Å². The minimum Gasteiger partial charge on any atom is -0.465 e. The molecular formula is C15H16N4O2. The number of carbonyl (C=O) groups is 1. The maximum atomic E-state index is 12.0. The summed E-state index contributed by atoms with van der Waals surface area (Å²) in [5.74, 6) is -0.366. The number of esters is 1. The Labute approximate surface area is 122 Å². The highest BCUT2D eigenvalue weighted by molar-refractivity contribution is 5.96. The smallest absolute Gasteiger partial charge is 0.319 e. The number of hydrazone groups is 1. The lowest BCUT2D eigenvalue weighted by molar-refractivity contribution is -0.143. The molecule has 108 valence electrons. The number of carbonyl (C=O) groups excluding carboxylic acids is 1. The van der Waals surface area contributed by atoms with Gasteiger partial charge in [0, 0.05) is 24.8 Å². The number of pyridine rings is 2. The first-order valence-corrected chi connectivity index (χ1v) is 6.58. The van der Waals surface area contributed by atoms with Crippen LogP contribution in [0.5, 0.6) is 0 Å². The van der Waals surface area contributed by atoms with Crippen LogP contribution < -0.4 is 5.43 Å². The largest absolute Gasteiger partial charge is 0.465 e. The van der Waals surface area contributed by atoms with Crippen LogP contribution in [0, 0.1) is 0 Å². The Morgan fingerprint density at radius 1 is 1.38 bits per heavy atom. The number of nitrogens with one attached hydrogen (secondary N) is 1. The van der Waals surface area contributed by atoms with Gasteiger partial charge in [0.15, 0.2) is 0 Å². The molecule has 0 aliphatic rings. The van der Waals surface area contributed by atoms with E-state index in [0.717, 1.165) is 5.56 Å². The second kappa shape index (κ2) is 7.74. The lowest BCUT2D eigenvalue weighted by Gasteiger charge is -2.10. The van der Waals surface area contributed by atoms with Gasteiger partial charge in [0.25, 0.3) is 0 Å². The van der Waals surface area contributed by atoms with Crippen molar-refractivity contribution in [2.45, 2.75) is 12.8 Å². The van der Waals surface area contributed by atoms with Gasteiger partial charge in [0.1, 0.15) is 11.7 Å². The summed E-state index contributed by atoms with van der Waals surface area (Å²) in [6.45, 7) is 2.08. The second-order valence-corrected chi connectivity index (χ2v) is 4.12. The van der Waals surface area contributed by atoms with Gasteiger partial charge in [-0.1, -0.05) is 12.1 Å². The molecule has 2 rings (SSSR count). The molecule has 0 aliphatic carbocycles. The highest BCUT2D eigenvalue weighted by Gasteiger charge is 2.20. The van der Waals surface area contributed by atoms with E-state index in [4.69, 9.17) is 4.74 Å². The molecule has 0 aromatic carbocycles. The number of rotatable bonds is 6. The van der Waals surface area contributed by atoms with E-state index < -0.39 is 5.92 Å². The molecule has 0 fully saturated rings. The van der Waals surface area contributed by atoms with Gasteiger partial charge in [-0.25, -0.2) is 4.98 Å². The van der Waals surface area contributed by atoms with Crippen molar-refractivity contribution in [3.63, 3.8) is 0 Å². The molecule has 1 N–H and O–H groups in total. The van der Waals surface area contributed by atoms with Crippen LogP contribution in [0.25, 0.3) is 0 Å². The Hall–Kier alpha value is -2.76. The van der Waals surface area contributed by atoms with Crippen molar-refractivity contribution in [3.05, 3.63) is 54.5 Å². The number of ether oxygens (including phenoxy) is 1. The van der Waals surface area contributed by atoms with Gasteiger partial charge in [-0.05, 0) is 30.7 Å². The van der Waals surface area contributed by atoms with Gasteiger partial charge in [0.05, 0.1) is 6.61 Å². The predicted molar refractivity (Wildman–Crippen MR) is 80.0 cm³/mol. The number of aromatic nitrogens is 2. The van der Waals surface area contributed by atoms with Crippen molar-refractivity contribution in [3.8, 4) is 0 Å². The molecule has 0 spiro atoms. The van der Waals surface area contributed by atoms with E-state index in [1.54, 1.807) is 43.7 Å². The van der Waals surface area contributed by atoms with Gasteiger partial charge in [0.2, 0.25) is 0 Å². The summed E-state index contributed by atoms with van der Waals surface area (Å²) in [6.07, 6.45) is 6.41. The fraction of sp³-hybridized carbons (Fsp3) is 0.200. The first kappa shape index (κ1) is 14.6. The number of hydrogen-bond acceptors (Lipinski definition) is 6. The molecule has 21 heavy (non-hydrogen) atoms. The quantitative estimate of drug-likeness (QED) is 0.500. The molecule has 0 saturated heterocycles. The van der Waals surface area contributed by atoms with Gasteiger partial charge in [-0.2, -0.15) is 5.10 Å². The molecule has 1 atom stereocenters. The summed E-state index contributed by atoms with van der Waals surface area (Å²) >= 11 is 0. The topological polar surface area (TPSA) is 76.5 Å². The zero-order valence-corrected chi connectivity index (χ0v) is 11.6. The molecule has 2 heterocycles. The Bertz CT molecular complexity index is 587. The van der Waals surface area contributed by atoms with Crippen LogP contribution in [-0.4, -0.2) is 28.8 Å². The molecule has 0 aliphatic heterocycles. The molecule has 6 nitrogen and oxygen atoms in total. The van der Waals surface area contributed by atoms with Crippen molar-refractivity contribution in [1.82, 2.24) is 9.97 Å². The fourth-order valence-corrected chi connectivity index (χ4v) is 1.68. The highest BCUT2D eigenvalue weighted by atomic mass is 16.5. The van der Waals surface area contributed by atoms with E-state index in [9.17, 15) is 4.79 Å². The summed E-state index contributed by atoms with van der Waals surface area (Å²) in [5, 5.41) is 4.06. The molecule has 0 bridgehead atoms. The van der Waals surface area contributed by atoms with Crippen LogP contribution in [0.15, 0.2) is 54.0 Å². The second-order valence-electron chi connectivity index (χ2n) is 4.12. The molecule has 2 aromatic heterocycles. The van der Waals surface area contributed by atoms with Gasteiger partial charge in [-0.15, -0.1) is 0 Å². The van der Waals surface area contributed by atoms with Crippen molar-refractivity contribution in [1.29, 1.82) is 0 Å². The summed E-state index contributed by atoms with van der Waals surface area (Å²) in [7, 11) is 0. The van der Waals surface area contributed by atoms with E-state index in [1.165, 1.54) is 6.21 Å². The minimum absolute atomic E-state index is 0.317. The lowest BCUT2D eigenvalue weighted by atomic mass is 10.0. The van der Waals surface area contributed by atoms with Crippen LogP contribution in [0.4, 0.5) is 5.82 Å². The Kier molecular flexibility index (Phi) is 5.40. The SMILES string of the molecule is CCOC(=O)C(C=NNc1ccccn1)c1cccnc1. The van der Waals surface area contributed by atoms with Crippen molar-refractivity contribution in [2.24, 2.45) is 5.10 Å². The number of hydrogen-bond donors (Lipinski definition) is 1. The number of anilines is 1. The third kappa shape index (κ3) is 4.38. The summed E-state index contributed by atoms with van der Waals surface area (Å²) < 4.78 is 5.06. The van der Waals surface area contributed by atoms with Gasteiger partial charge < -0.3 is 4.74 Å². The van der Waals surface area contributed by atoms with Crippen molar-refractivity contribution >= 4 is 18.0 Å². The molecule has 2 aromatic rings. The molecule has 6 heteroatoms. The van der Waals surface area contributed by atoms with E-state index in [2.05, 4.69) is 20.5 Å². The maximum Gasteiger partial charge on any atom is 0.319 e. The zero-order chi connectivity index (χ0) is 14.9.